The Morgan fingerprint density at radius 3 is 2.48 bits per heavy atom. The van der Waals surface area contributed by atoms with Gasteiger partial charge in [-0.15, -0.1) is 0 Å². The van der Waals surface area contributed by atoms with E-state index in [0.29, 0.717) is 33.7 Å². The Balaban J connectivity index is 1.71. The molecule has 2 aromatic carbocycles. The summed E-state index contributed by atoms with van der Waals surface area (Å²) in [5.74, 6) is -0.687. The monoisotopic (exact) mass is 372 g/mol. The van der Waals surface area contributed by atoms with E-state index >= 15 is 0 Å². The summed E-state index contributed by atoms with van der Waals surface area (Å²) >= 11 is 0. The van der Waals surface area contributed by atoms with Crippen LogP contribution in [0.1, 0.15) is 15.9 Å². The number of H-pyrrole nitrogens is 2. The average molecular weight is 372 g/mol. The van der Waals surface area contributed by atoms with Crippen molar-refractivity contribution in [3.63, 3.8) is 0 Å². The lowest BCUT2D eigenvalue weighted by molar-refractivity contribution is -0.137. The lowest BCUT2D eigenvalue weighted by atomic mass is 10.1. The number of halogens is 3. The molecule has 0 aliphatic rings. The van der Waals surface area contributed by atoms with E-state index in [4.69, 9.17) is 5.11 Å². The fraction of sp³-hybridized carbons (Fsp3) is 0.0556. The largest absolute Gasteiger partial charge is 0.478 e. The predicted molar refractivity (Wildman–Crippen MR) is 91.1 cm³/mol. The maximum atomic E-state index is 12.7. The molecule has 4 aromatic rings. The third-order valence-corrected chi connectivity index (χ3v) is 4.13. The van der Waals surface area contributed by atoms with Crippen LogP contribution in [0.4, 0.5) is 13.2 Å². The van der Waals surface area contributed by atoms with Crippen molar-refractivity contribution in [2.45, 2.75) is 6.18 Å². The molecule has 6 nitrogen and oxygen atoms in total. The quantitative estimate of drug-likeness (QED) is 0.499. The first kappa shape index (κ1) is 16.8. The van der Waals surface area contributed by atoms with Gasteiger partial charge in [-0.25, -0.2) is 9.78 Å². The lowest BCUT2D eigenvalue weighted by Gasteiger charge is -2.06. The molecule has 4 rings (SSSR count). The first-order valence-corrected chi connectivity index (χ1v) is 7.77. The molecule has 0 unspecified atom stereocenters. The molecule has 0 saturated heterocycles. The molecule has 2 aromatic heterocycles. The molecule has 3 N–H and O–H groups in total. The summed E-state index contributed by atoms with van der Waals surface area (Å²) in [5.41, 5.74) is 1.50. The van der Waals surface area contributed by atoms with E-state index in [1.54, 1.807) is 6.07 Å². The van der Waals surface area contributed by atoms with E-state index in [-0.39, 0.29) is 5.56 Å². The Morgan fingerprint density at radius 1 is 1.07 bits per heavy atom. The number of nitrogens with zero attached hydrogens (tertiary/aromatic N) is 2. The zero-order chi connectivity index (χ0) is 19.2. The molecule has 0 amide bonds. The SMILES string of the molecule is O=C(O)c1ccc2[nH]nc(-c3ncc(-c4ccc(C(F)(F)F)cc4)[nH]3)c2c1. The number of hydrogen-bond donors (Lipinski definition) is 3. The van der Waals surface area contributed by atoms with Gasteiger partial charge in [0.15, 0.2) is 5.82 Å². The smallest absolute Gasteiger partial charge is 0.416 e. The minimum atomic E-state index is -4.40. The number of fused-ring (bicyclic) bond motifs is 1. The van der Waals surface area contributed by atoms with Crippen molar-refractivity contribution in [2.24, 2.45) is 0 Å². The Morgan fingerprint density at radius 2 is 1.81 bits per heavy atom. The number of benzene rings is 2. The fourth-order valence-electron chi connectivity index (χ4n) is 2.75. The molecule has 0 saturated carbocycles. The number of alkyl halides is 3. The number of aromatic amines is 2. The number of carbonyl (C=O) groups is 1. The molecule has 136 valence electrons. The highest BCUT2D eigenvalue weighted by Crippen LogP contribution is 2.31. The molecular weight excluding hydrogens is 361 g/mol. The number of carboxylic acids is 1. The molecule has 2 heterocycles. The summed E-state index contributed by atoms with van der Waals surface area (Å²) < 4.78 is 38.0. The Bertz CT molecular complexity index is 1140. The summed E-state index contributed by atoms with van der Waals surface area (Å²) in [6.07, 6.45) is -2.91. The van der Waals surface area contributed by atoms with Crippen molar-refractivity contribution in [1.82, 2.24) is 20.2 Å². The zero-order valence-electron chi connectivity index (χ0n) is 13.5. The molecule has 27 heavy (non-hydrogen) atoms. The van der Waals surface area contributed by atoms with Gasteiger partial charge in [0, 0.05) is 5.39 Å². The van der Waals surface area contributed by atoms with Crippen LogP contribution in [0.3, 0.4) is 0 Å². The van der Waals surface area contributed by atoms with Gasteiger partial charge in [-0.05, 0) is 35.9 Å². The van der Waals surface area contributed by atoms with Crippen molar-refractivity contribution in [2.75, 3.05) is 0 Å². The van der Waals surface area contributed by atoms with Crippen LogP contribution in [0.15, 0.2) is 48.7 Å². The number of hydrogen-bond acceptors (Lipinski definition) is 3. The molecule has 9 heteroatoms. The first-order chi connectivity index (χ1) is 12.8. The lowest BCUT2D eigenvalue weighted by Crippen LogP contribution is -2.03. The van der Waals surface area contributed by atoms with Crippen LogP contribution in [0.2, 0.25) is 0 Å². The summed E-state index contributed by atoms with van der Waals surface area (Å²) in [5, 5.41) is 16.7. The van der Waals surface area contributed by atoms with Gasteiger partial charge in [0.25, 0.3) is 0 Å². The van der Waals surface area contributed by atoms with E-state index in [0.717, 1.165) is 12.1 Å². The molecule has 0 fully saturated rings. The predicted octanol–water partition coefficient (Wildman–Crippen LogP) is 4.34. The Hall–Kier alpha value is -3.62. The van der Waals surface area contributed by atoms with E-state index in [1.807, 2.05) is 0 Å². The number of rotatable bonds is 3. The van der Waals surface area contributed by atoms with Gasteiger partial charge in [0.05, 0.1) is 28.5 Å². The van der Waals surface area contributed by atoms with Gasteiger partial charge in [0.2, 0.25) is 0 Å². The second-order valence-electron chi connectivity index (χ2n) is 5.86. The normalized spacial score (nSPS) is 11.8. The van der Waals surface area contributed by atoms with E-state index < -0.39 is 17.7 Å². The average Bonchev–Trinajstić information content (AvgIpc) is 3.27. The maximum Gasteiger partial charge on any atom is 0.416 e. The van der Waals surface area contributed by atoms with Gasteiger partial charge in [-0.1, -0.05) is 12.1 Å². The summed E-state index contributed by atoms with van der Waals surface area (Å²) in [6, 6.07) is 9.25. The van der Waals surface area contributed by atoms with Gasteiger partial charge < -0.3 is 10.1 Å². The van der Waals surface area contributed by atoms with Crippen molar-refractivity contribution >= 4 is 16.9 Å². The van der Waals surface area contributed by atoms with Crippen LogP contribution < -0.4 is 0 Å². The van der Waals surface area contributed by atoms with Crippen molar-refractivity contribution in [3.05, 3.63) is 59.8 Å². The first-order valence-electron chi connectivity index (χ1n) is 7.77. The molecular formula is C18H11F3N4O2. The molecule has 0 radical (unpaired) electrons. The summed E-state index contributed by atoms with van der Waals surface area (Å²) in [6.45, 7) is 0. The van der Waals surface area contributed by atoms with Crippen LogP contribution >= 0.6 is 0 Å². The topological polar surface area (TPSA) is 94.7 Å². The molecule has 0 bridgehead atoms. The van der Waals surface area contributed by atoms with Crippen molar-refractivity contribution in [1.29, 1.82) is 0 Å². The van der Waals surface area contributed by atoms with Crippen LogP contribution in [0, 0.1) is 0 Å². The van der Waals surface area contributed by atoms with Crippen LogP contribution in [0.5, 0.6) is 0 Å². The van der Waals surface area contributed by atoms with Crippen LogP contribution in [0.25, 0.3) is 33.7 Å². The number of aromatic carboxylic acids is 1. The van der Waals surface area contributed by atoms with E-state index in [9.17, 15) is 18.0 Å². The molecule has 0 aliphatic carbocycles. The standard InChI is InChI=1S/C18H11F3N4O2/c19-18(20,21)11-4-1-9(2-5-11)14-8-22-16(23-14)15-12-7-10(17(26)27)3-6-13(12)24-25-15/h1-8H,(H,22,23)(H,24,25)(H,26,27). The fourth-order valence-corrected chi connectivity index (χ4v) is 2.75. The Labute approximate surface area is 149 Å². The van der Waals surface area contributed by atoms with Gasteiger partial charge in [0.1, 0.15) is 5.69 Å². The number of aromatic nitrogens is 4. The highest BCUT2D eigenvalue weighted by molar-refractivity contribution is 5.98. The van der Waals surface area contributed by atoms with E-state index in [1.165, 1.54) is 30.5 Å². The van der Waals surface area contributed by atoms with Crippen molar-refractivity contribution in [3.8, 4) is 22.8 Å². The Kier molecular flexibility index (Phi) is 3.72. The molecule has 0 aliphatic heterocycles. The highest BCUT2D eigenvalue weighted by Gasteiger charge is 2.30. The highest BCUT2D eigenvalue weighted by atomic mass is 19.4. The second kappa shape index (κ2) is 5.97. The molecule has 0 atom stereocenters. The van der Waals surface area contributed by atoms with Crippen LogP contribution in [-0.2, 0) is 6.18 Å². The third kappa shape index (κ3) is 3.03. The minimum absolute atomic E-state index is 0.111. The third-order valence-electron chi connectivity index (χ3n) is 4.13. The maximum absolute atomic E-state index is 12.7. The second-order valence-corrected chi connectivity index (χ2v) is 5.86. The number of imidazole rings is 1. The van der Waals surface area contributed by atoms with Crippen molar-refractivity contribution < 1.29 is 23.1 Å². The van der Waals surface area contributed by atoms with Gasteiger partial charge in [-0.3, -0.25) is 5.10 Å². The minimum Gasteiger partial charge on any atom is -0.478 e. The van der Waals surface area contributed by atoms with Gasteiger partial charge >= 0.3 is 12.1 Å². The van der Waals surface area contributed by atoms with E-state index in [2.05, 4.69) is 20.2 Å². The summed E-state index contributed by atoms with van der Waals surface area (Å²) in [4.78, 5) is 18.4. The molecule has 0 spiro atoms. The zero-order valence-corrected chi connectivity index (χ0v) is 13.5. The van der Waals surface area contributed by atoms with Crippen LogP contribution in [-0.4, -0.2) is 31.2 Å². The number of nitrogens with one attached hydrogen (secondary N) is 2. The van der Waals surface area contributed by atoms with Gasteiger partial charge in [-0.2, -0.15) is 18.3 Å². The number of carboxylic acid groups (broad SMARTS) is 1. The summed E-state index contributed by atoms with van der Waals surface area (Å²) in [7, 11) is 0.